The van der Waals surface area contributed by atoms with Gasteiger partial charge in [-0.2, -0.15) is 18.3 Å². The topological polar surface area (TPSA) is 44.1 Å². The van der Waals surface area contributed by atoms with Crippen LogP contribution in [-0.4, -0.2) is 29.0 Å². The fourth-order valence-electron chi connectivity index (χ4n) is 2.96. The Morgan fingerprint density at radius 3 is 2.56 bits per heavy atom. The number of methoxy groups -OCH3 is 1. The highest BCUT2D eigenvalue weighted by molar-refractivity contribution is 9.10. The Kier molecular flexibility index (Phi) is 5.55. The predicted molar refractivity (Wildman–Crippen MR) is 98.6 cm³/mol. The van der Waals surface area contributed by atoms with Crippen LogP contribution >= 0.6 is 15.9 Å². The second kappa shape index (κ2) is 7.72. The van der Waals surface area contributed by atoms with E-state index in [1.807, 2.05) is 18.2 Å². The standard InChI is InChI=1S/C19H16BrF3N2O2/c1-27-18(26)13-4-2-12(3-5-13)17(8-9-19(21,22)23)25-16-7-6-15(20)10-14(16)11-24-25/h2-7,10-11,17H,8-9H2,1H3. The zero-order valence-electron chi connectivity index (χ0n) is 14.3. The summed E-state index contributed by atoms with van der Waals surface area (Å²) in [6.07, 6.45) is -3.73. The van der Waals surface area contributed by atoms with Crippen LogP contribution < -0.4 is 0 Å². The Balaban J connectivity index is 2.01. The van der Waals surface area contributed by atoms with Crippen LogP contribution in [-0.2, 0) is 4.74 Å². The molecule has 1 aromatic heterocycles. The molecule has 0 bridgehead atoms. The van der Waals surface area contributed by atoms with Gasteiger partial charge in [0.1, 0.15) is 0 Å². The van der Waals surface area contributed by atoms with E-state index in [2.05, 4.69) is 25.8 Å². The summed E-state index contributed by atoms with van der Waals surface area (Å²) in [7, 11) is 1.27. The molecule has 1 heterocycles. The molecule has 0 N–H and O–H groups in total. The van der Waals surface area contributed by atoms with E-state index in [4.69, 9.17) is 0 Å². The maximum atomic E-state index is 12.9. The summed E-state index contributed by atoms with van der Waals surface area (Å²) in [6, 6.07) is 11.3. The molecule has 0 radical (unpaired) electrons. The first kappa shape index (κ1) is 19.4. The third-order valence-electron chi connectivity index (χ3n) is 4.27. The molecule has 3 rings (SSSR count). The molecule has 0 saturated heterocycles. The number of carbonyl (C=O) groups is 1. The van der Waals surface area contributed by atoms with Gasteiger partial charge in [0.25, 0.3) is 0 Å². The van der Waals surface area contributed by atoms with Crippen molar-refractivity contribution < 1.29 is 22.7 Å². The van der Waals surface area contributed by atoms with E-state index in [0.29, 0.717) is 11.1 Å². The number of esters is 1. The summed E-state index contributed by atoms with van der Waals surface area (Å²) in [5.41, 5.74) is 1.72. The lowest BCUT2D eigenvalue weighted by Gasteiger charge is -2.20. The highest BCUT2D eigenvalue weighted by Crippen LogP contribution is 2.32. The molecule has 0 saturated carbocycles. The zero-order valence-corrected chi connectivity index (χ0v) is 15.9. The number of alkyl halides is 3. The number of hydrogen-bond acceptors (Lipinski definition) is 3. The van der Waals surface area contributed by atoms with Crippen molar-refractivity contribution in [1.29, 1.82) is 0 Å². The average molecular weight is 441 g/mol. The largest absolute Gasteiger partial charge is 0.465 e. The van der Waals surface area contributed by atoms with Gasteiger partial charge in [0.15, 0.2) is 0 Å². The lowest BCUT2D eigenvalue weighted by molar-refractivity contribution is -0.136. The minimum absolute atomic E-state index is 0.159. The molecular formula is C19H16BrF3N2O2. The van der Waals surface area contributed by atoms with E-state index in [1.54, 1.807) is 35.1 Å². The summed E-state index contributed by atoms with van der Waals surface area (Å²) in [6.45, 7) is 0. The number of aromatic nitrogens is 2. The number of benzene rings is 2. The fraction of sp³-hybridized carbons (Fsp3) is 0.263. The Hall–Kier alpha value is -2.35. The van der Waals surface area contributed by atoms with Crippen LogP contribution in [0.15, 0.2) is 53.1 Å². The number of fused-ring (bicyclic) bond motifs is 1. The molecule has 0 aliphatic heterocycles. The molecule has 0 aliphatic carbocycles. The molecule has 8 heteroatoms. The molecule has 3 aromatic rings. The van der Waals surface area contributed by atoms with Crippen molar-refractivity contribution in [2.45, 2.75) is 25.1 Å². The van der Waals surface area contributed by atoms with Crippen LogP contribution in [0.1, 0.15) is 34.8 Å². The number of carbonyl (C=O) groups excluding carboxylic acids is 1. The van der Waals surface area contributed by atoms with Gasteiger partial charge < -0.3 is 4.74 Å². The quantitative estimate of drug-likeness (QED) is 0.490. The molecule has 0 amide bonds. The number of nitrogens with zero attached hydrogens (tertiary/aromatic N) is 2. The molecular weight excluding hydrogens is 425 g/mol. The maximum absolute atomic E-state index is 12.9. The van der Waals surface area contributed by atoms with Crippen molar-refractivity contribution in [3.8, 4) is 0 Å². The third-order valence-corrected chi connectivity index (χ3v) is 4.76. The minimum atomic E-state index is -4.27. The summed E-state index contributed by atoms with van der Waals surface area (Å²) in [4.78, 5) is 11.6. The molecule has 0 aliphatic rings. The molecule has 4 nitrogen and oxygen atoms in total. The lowest BCUT2D eigenvalue weighted by Crippen LogP contribution is -2.17. The molecule has 1 atom stereocenters. The van der Waals surface area contributed by atoms with Gasteiger partial charge in [-0.3, -0.25) is 4.68 Å². The smallest absolute Gasteiger partial charge is 0.389 e. The van der Waals surface area contributed by atoms with Crippen molar-refractivity contribution in [2.24, 2.45) is 0 Å². The van der Waals surface area contributed by atoms with E-state index in [-0.39, 0.29) is 6.42 Å². The van der Waals surface area contributed by atoms with Crippen LogP contribution in [0.5, 0.6) is 0 Å². The maximum Gasteiger partial charge on any atom is 0.389 e. The van der Waals surface area contributed by atoms with Gasteiger partial charge in [0.05, 0.1) is 30.4 Å². The SMILES string of the molecule is COC(=O)c1ccc(C(CCC(F)(F)F)n2ncc3cc(Br)ccc32)cc1. The van der Waals surface area contributed by atoms with Crippen LogP contribution in [0.25, 0.3) is 10.9 Å². The third kappa shape index (κ3) is 4.50. The van der Waals surface area contributed by atoms with Crippen LogP contribution in [0.3, 0.4) is 0 Å². The number of ether oxygens (including phenoxy) is 1. The Bertz CT molecular complexity index is 952. The van der Waals surface area contributed by atoms with Gasteiger partial charge in [-0.1, -0.05) is 28.1 Å². The van der Waals surface area contributed by atoms with Crippen molar-refractivity contribution in [1.82, 2.24) is 9.78 Å². The van der Waals surface area contributed by atoms with Gasteiger partial charge in [-0.05, 0) is 42.3 Å². The van der Waals surface area contributed by atoms with Gasteiger partial charge in [0, 0.05) is 16.3 Å². The molecule has 1 unspecified atom stereocenters. The second-order valence-corrected chi connectivity index (χ2v) is 6.99. The molecule has 0 spiro atoms. The summed E-state index contributed by atoms with van der Waals surface area (Å²) >= 11 is 3.38. The van der Waals surface area contributed by atoms with Crippen LogP contribution in [0, 0.1) is 0 Å². The van der Waals surface area contributed by atoms with Crippen molar-refractivity contribution in [3.63, 3.8) is 0 Å². The van der Waals surface area contributed by atoms with E-state index < -0.39 is 24.6 Å². The monoisotopic (exact) mass is 440 g/mol. The zero-order chi connectivity index (χ0) is 19.6. The first-order valence-corrected chi connectivity index (χ1v) is 8.95. The van der Waals surface area contributed by atoms with E-state index >= 15 is 0 Å². The summed E-state index contributed by atoms with van der Waals surface area (Å²) < 4.78 is 45.7. The van der Waals surface area contributed by atoms with E-state index in [0.717, 1.165) is 15.4 Å². The van der Waals surface area contributed by atoms with Gasteiger partial charge in [0.2, 0.25) is 0 Å². The van der Waals surface area contributed by atoms with Gasteiger partial charge in [-0.25, -0.2) is 4.79 Å². The predicted octanol–water partition coefficient (Wildman–Crippen LogP) is 5.52. The van der Waals surface area contributed by atoms with Crippen LogP contribution in [0.2, 0.25) is 0 Å². The van der Waals surface area contributed by atoms with Crippen molar-refractivity contribution in [3.05, 3.63) is 64.3 Å². The molecule has 27 heavy (non-hydrogen) atoms. The highest BCUT2D eigenvalue weighted by Gasteiger charge is 2.30. The minimum Gasteiger partial charge on any atom is -0.465 e. The number of hydrogen-bond donors (Lipinski definition) is 0. The number of halogens is 4. The fourth-order valence-corrected chi connectivity index (χ4v) is 3.34. The first-order chi connectivity index (χ1) is 12.8. The second-order valence-electron chi connectivity index (χ2n) is 6.08. The normalized spacial score (nSPS) is 12.9. The van der Waals surface area contributed by atoms with Crippen molar-refractivity contribution in [2.75, 3.05) is 7.11 Å². The lowest BCUT2D eigenvalue weighted by atomic mass is 10.00. The molecule has 2 aromatic carbocycles. The Morgan fingerprint density at radius 1 is 1.22 bits per heavy atom. The summed E-state index contributed by atoms with van der Waals surface area (Å²) in [5, 5.41) is 5.15. The summed E-state index contributed by atoms with van der Waals surface area (Å²) in [5.74, 6) is -0.497. The van der Waals surface area contributed by atoms with Crippen LogP contribution in [0.4, 0.5) is 13.2 Å². The molecule has 142 valence electrons. The van der Waals surface area contributed by atoms with E-state index in [1.165, 1.54) is 7.11 Å². The van der Waals surface area contributed by atoms with Crippen molar-refractivity contribution >= 4 is 32.8 Å². The average Bonchev–Trinajstić information content (AvgIpc) is 3.03. The van der Waals surface area contributed by atoms with E-state index in [9.17, 15) is 18.0 Å². The van der Waals surface area contributed by atoms with Gasteiger partial charge >= 0.3 is 12.1 Å². The Labute approximate surface area is 162 Å². The first-order valence-electron chi connectivity index (χ1n) is 8.16. The molecule has 0 fully saturated rings. The highest BCUT2D eigenvalue weighted by atomic mass is 79.9. The number of rotatable bonds is 5. The Morgan fingerprint density at radius 2 is 1.93 bits per heavy atom. The van der Waals surface area contributed by atoms with Gasteiger partial charge in [-0.15, -0.1) is 0 Å².